The van der Waals surface area contributed by atoms with Crippen LogP contribution in [0.4, 0.5) is 0 Å². The van der Waals surface area contributed by atoms with Crippen molar-refractivity contribution in [1.82, 2.24) is 9.97 Å². The van der Waals surface area contributed by atoms with E-state index in [1.165, 1.54) is 26.6 Å². The van der Waals surface area contributed by atoms with E-state index in [0.29, 0.717) is 22.9 Å². The van der Waals surface area contributed by atoms with Gasteiger partial charge in [-0.15, -0.1) is 0 Å². The van der Waals surface area contributed by atoms with Gasteiger partial charge in [0.05, 0.1) is 25.3 Å². The van der Waals surface area contributed by atoms with Gasteiger partial charge in [0.25, 0.3) is 0 Å². The van der Waals surface area contributed by atoms with Crippen LogP contribution in [0.25, 0.3) is 0 Å². The van der Waals surface area contributed by atoms with E-state index >= 15 is 0 Å². The number of hydrogen-bond acceptors (Lipinski definition) is 8. The maximum atomic E-state index is 12.1. The van der Waals surface area contributed by atoms with Crippen molar-refractivity contribution >= 4 is 11.9 Å². The molecule has 0 N–H and O–H groups in total. The van der Waals surface area contributed by atoms with Crippen LogP contribution in [0, 0.1) is 0 Å². The van der Waals surface area contributed by atoms with Crippen LogP contribution in [0.3, 0.4) is 0 Å². The average Bonchev–Trinajstić information content (AvgIpc) is 2.81. The van der Waals surface area contributed by atoms with Crippen LogP contribution in [0.1, 0.15) is 31.8 Å². The summed E-state index contributed by atoms with van der Waals surface area (Å²) in [5.74, 6) is -0.151. The number of carbonyl (C=O) groups excluding carboxylic acids is 2. The summed E-state index contributed by atoms with van der Waals surface area (Å²) in [6, 6.07) is 13.6. The van der Waals surface area contributed by atoms with Crippen LogP contribution in [0.2, 0.25) is 0 Å². The molecule has 0 aliphatic heterocycles. The number of ether oxygens (including phenoxy) is 4. The number of methoxy groups -OCH3 is 2. The third kappa shape index (κ3) is 5.54. The minimum absolute atomic E-state index is 0.0784. The summed E-state index contributed by atoms with van der Waals surface area (Å²) < 4.78 is 20.5. The zero-order chi connectivity index (χ0) is 21.3. The minimum atomic E-state index is -0.492. The van der Waals surface area contributed by atoms with Gasteiger partial charge >= 0.3 is 11.9 Å². The summed E-state index contributed by atoms with van der Waals surface area (Å²) in [6.45, 7) is 0.157. The molecular weight excluding hydrogens is 388 g/mol. The van der Waals surface area contributed by atoms with E-state index in [9.17, 15) is 9.59 Å². The predicted octanol–water partition coefficient (Wildman–Crippen LogP) is 3.21. The van der Waals surface area contributed by atoms with E-state index in [1.54, 1.807) is 36.4 Å². The lowest BCUT2D eigenvalue weighted by molar-refractivity contribution is 0.0471. The first-order chi connectivity index (χ1) is 14.6. The van der Waals surface area contributed by atoms with Gasteiger partial charge in [-0.2, -0.15) is 0 Å². The second-order valence-electron chi connectivity index (χ2n) is 6.15. The number of aromatic nitrogens is 2. The summed E-state index contributed by atoms with van der Waals surface area (Å²) in [6.07, 6.45) is 2.79. The van der Waals surface area contributed by atoms with E-state index in [4.69, 9.17) is 18.9 Å². The van der Waals surface area contributed by atoms with Crippen LogP contribution in [0.15, 0.2) is 60.9 Å². The van der Waals surface area contributed by atoms with Crippen molar-refractivity contribution in [2.24, 2.45) is 0 Å². The van der Waals surface area contributed by atoms with Crippen LogP contribution in [-0.2, 0) is 22.7 Å². The SMILES string of the molecule is COc1ccc(C(=O)OCc2cccc(COC(=O)c3ccc(OC)nc3)c2)cn1. The van der Waals surface area contributed by atoms with Gasteiger partial charge in [0.1, 0.15) is 13.2 Å². The van der Waals surface area contributed by atoms with Gasteiger partial charge in [0.2, 0.25) is 11.8 Å². The molecule has 2 aromatic heterocycles. The Labute approximate surface area is 173 Å². The summed E-state index contributed by atoms with van der Waals surface area (Å²) >= 11 is 0. The molecule has 0 spiro atoms. The van der Waals surface area contributed by atoms with Gasteiger partial charge in [-0.25, -0.2) is 19.6 Å². The zero-order valence-corrected chi connectivity index (χ0v) is 16.5. The molecule has 8 nitrogen and oxygen atoms in total. The molecule has 0 aliphatic carbocycles. The first-order valence-corrected chi connectivity index (χ1v) is 9.01. The van der Waals surface area contributed by atoms with Gasteiger partial charge in [0.15, 0.2) is 0 Å². The van der Waals surface area contributed by atoms with Crippen LogP contribution < -0.4 is 9.47 Å². The Morgan fingerprint density at radius 2 is 1.20 bits per heavy atom. The van der Waals surface area contributed by atoms with Crippen LogP contribution in [-0.4, -0.2) is 36.1 Å². The average molecular weight is 408 g/mol. The highest BCUT2D eigenvalue weighted by molar-refractivity contribution is 5.89. The quantitative estimate of drug-likeness (QED) is 0.524. The van der Waals surface area contributed by atoms with Crippen molar-refractivity contribution in [2.75, 3.05) is 14.2 Å². The Morgan fingerprint density at radius 1 is 0.733 bits per heavy atom. The Kier molecular flexibility index (Phi) is 6.94. The first kappa shape index (κ1) is 20.8. The van der Waals surface area contributed by atoms with Gasteiger partial charge in [0, 0.05) is 24.5 Å². The Hall–Kier alpha value is -3.94. The molecule has 0 radical (unpaired) electrons. The van der Waals surface area contributed by atoms with Crippen molar-refractivity contribution < 1.29 is 28.5 Å². The van der Waals surface area contributed by atoms with Gasteiger partial charge in [-0.3, -0.25) is 0 Å². The molecule has 0 unspecified atom stereocenters. The molecule has 3 aromatic rings. The van der Waals surface area contributed by atoms with E-state index in [0.717, 1.165) is 11.1 Å². The molecule has 2 heterocycles. The molecule has 0 fully saturated rings. The highest BCUT2D eigenvalue weighted by Gasteiger charge is 2.10. The molecule has 0 saturated heterocycles. The molecule has 1 aromatic carbocycles. The summed E-state index contributed by atoms with van der Waals surface area (Å²) in [5.41, 5.74) is 2.19. The van der Waals surface area contributed by atoms with Crippen LogP contribution >= 0.6 is 0 Å². The molecule has 0 aliphatic rings. The Balaban J connectivity index is 1.53. The number of carbonyl (C=O) groups is 2. The minimum Gasteiger partial charge on any atom is -0.481 e. The lowest BCUT2D eigenvalue weighted by Gasteiger charge is -2.08. The van der Waals surface area contributed by atoms with E-state index in [2.05, 4.69) is 9.97 Å². The maximum absolute atomic E-state index is 12.1. The first-order valence-electron chi connectivity index (χ1n) is 9.01. The fourth-order valence-electron chi connectivity index (χ4n) is 2.52. The zero-order valence-electron chi connectivity index (χ0n) is 16.5. The molecule has 0 atom stereocenters. The van der Waals surface area contributed by atoms with Crippen molar-refractivity contribution in [3.05, 3.63) is 83.2 Å². The second kappa shape index (κ2) is 10.0. The summed E-state index contributed by atoms with van der Waals surface area (Å²) in [5, 5.41) is 0. The lowest BCUT2D eigenvalue weighted by atomic mass is 10.1. The van der Waals surface area contributed by atoms with Gasteiger partial charge in [-0.05, 0) is 29.3 Å². The fraction of sp³-hybridized carbons (Fsp3) is 0.182. The second-order valence-corrected chi connectivity index (χ2v) is 6.15. The number of esters is 2. The largest absolute Gasteiger partial charge is 0.481 e. The monoisotopic (exact) mass is 408 g/mol. The van der Waals surface area contributed by atoms with E-state index in [1.807, 2.05) is 12.1 Å². The summed E-state index contributed by atoms with van der Waals surface area (Å²) in [4.78, 5) is 32.2. The molecule has 0 amide bonds. The van der Waals surface area contributed by atoms with Gasteiger partial charge < -0.3 is 18.9 Å². The van der Waals surface area contributed by atoms with Crippen molar-refractivity contribution in [1.29, 1.82) is 0 Å². The number of hydrogen-bond donors (Lipinski definition) is 0. The molecular formula is C22H20N2O6. The third-order valence-corrected chi connectivity index (χ3v) is 4.09. The van der Waals surface area contributed by atoms with Gasteiger partial charge in [-0.1, -0.05) is 18.2 Å². The van der Waals surface area contributed by atoms with E-state index < -0.39 is 11.9 Å². The smallest absolute Gasteiger partial charge is 0.340 e. The standard InChI is InChI=1S/C22H20N2O6/c1-27-19-8-6-17(11-23-19)21(25)29-13-15-4-3-5-16(10-15)14-30-22(26)18-7-9-20(28-2)24-12-18/h3-12H,13-14H2,1-2H3. The normalized spacial score (nSPS) is 10.2. The van der Waals surface area contributed by atoms with Crippen molar-refractivity contribution in [2.45, 2.75) is 13.2 Å². The highest BCUT2D eigenvalue weighted by Crippen LogP contribution is 2.13. The molecule has 8 heteroatoms. The Bertz CT molecular complexity index is 924. The molecule has 3 rings (SSSR count). The fourth-order valence-corrected chi connectivity index (χ4v) is 2.52. The predicted molar refractivity (Wildman–Crippen MR) is 106 cm³/mol. The number of benzene rings is 1. The molecule has 30 heavy (non-hydrogen) atoms. The Morgan fingerprint density at radius 3 is 1.57 bits per heavy atom. The third-order valence-electron chi connectivity index (χ3n) is 4.09. The van der Waals surface area contributed by atoms with Crippen molar-refractivity contribution in [3.63, 3.8) is 0 Å². The maximum Gasteiger partial charge on any atom is 0.340 e. The summed E-state index contributed by atoms with van der Waals surface area (Å²) in [7, 11) is 3.00. The lowest BCUT2D eigenvalue weighted by Crippen LogP contribution is -2.07. The topological polar surface area (TPSA) is 96.8 Å². The number of nitrogens with zero attached hydrogens (tertiary/aromatic N) is 2. The number of rotatable bonds is 8. The molecule has 154 valence electrons. The number of pyridine rings is 2. The molecule has 0 bridgehead atoms. The van der Waals surface area contributed by atoms with E-state index in [-0.39, 0.29) is 13.2 Å². The van der Waals surface area contributed by atoms with Crippen molar-refractivity contribution in [3.8, 4) is 11.8 Å². The highest BCUT2D eigenvalue weighted by atomic mass is 16.5. The van der Waals surface area contributed by atoms with Crippen LogP contribution in [0.5, 0.6) is 11.8 Å². The molecule has 0 saturated carbocycles.